The Hall–Kier alpha value is -0.160. The van der Waals surface area contributed by atoms with Crippen LogP contribution in [0.4, 0.5) is 0 Å². The molecule has 0 heterocycles. The van der Waals surface area contributed by atoms with E-state index >= 15 is 0 Å². The van der Waals surface area contributed by atoms with E-state index in [1.54, 1.807) is 0 Å². The number of rotatable bonds is 9. The first-order valence-electron chi connectivity index (χ1n) is 5.70. The fourth-order valence-electron chi connectivity index (χ4n) is 1.42. The number of likely N-dealkylation sites (N-methyl/N-ethyl adjacent to an activating group) is 1. The zero-order chi connectivity index (χ0) is 11.7. The Balaban J connectivity index is 3.23. The molecule has 0 aliphatic rings. The maximum absolute atomic E-state index is 9.53. The molecule has 4 heteroatoms. The Labute approximate surface area is 93.3 Å². The van der Waals surface area contributed by atoms with Gasteiger partial charge in [-0.25, -0.2) is 0 Å². The largest absolute Gasteiger partial charge is 0.396 e. The lowest BCUT2D eigenvalue weighted by Gasteiger charge is -2.16. The van der Waals surface area contributed by atoms with Crippen LogP contribution < -0.4 is 5.32 Å². The van der Waals surface area contributed by atoms with Gasteiger partial charge in [0, 0.05) is 19.7 Å². The third kappa shape index (κ3) is 10.1. The summed E-state index contributed by atoms with van der Waals surface area (Å²) < 4.78 is 0. The van der Waals surface area contributed by atoms with Gasteiger partial charge < -0.3 is 20.4 Å². The topological polar surface area (TPSA) is 55.7 Å². The van der Waals surface area contributed by atoms with Crippen molar-refractivity contribution < 1.29 is 10.2 Å². The van der Waals surface area contributed by atoms with Gasteiger partial charge in [-0.1, -0.05) is 6.92 Å². The fraction of sp³-hybridized carbons (Fsp3) is 1.00. The SMILES string of the molecule is CC(CO)CCCNCC(O)CN(C)C. The number of hydrogen-bond acceptors (Lipinski definition) is 4. The van der Waals surface area contributed by atoms with E-state index in [4.69, 9.17) is 5.11 Å². The van der Waals surface area contributed by atoms with Gasteiger partial charge in [-0.15, -0.1) is 0 Å². The summed E-state index contributed by atoms with van der Waals surface area (Å²) in [7, 11) is 3.90. The van der Waals surface area contributed by atoms with Crippen molar-refractivity contribution in [2.45, 2.75) is 25.9 Å². The monoisotopic (exact) mass is 218 g/mol. The molecule has 0 aliphatic heterocycles. The second-order valence-corrected chi connectivity index (χ2v) is 4.55. The van der Waals surface area contributed by atoms with Crippen molar-refractivity contribution in [1.29, 1.82) is 0 Å². The molecule has 0 spiro atoms. The summed E-state index contributed by atoms with van der Waals surface area (Å²) in [5.74, 6) is 0.387. The molecule has 0 saturated heterocycles. The maximum atomic E-state index is 9.53. The van der Waals surface area contributed by atoms with Crippen LogP contribution in [0.5, 0.6) is 0 Å². The summed E-state index contributed by atoms with van der Waals surface area (Å²) in [6.45, 7) is 4.56. The standard InChI is InChI=1S/C11H26N2O2/c1-10(9-14)5-4-6-12-7-11(15)8-13(2)3/h10-12,14-15H,4-9H2,1-3H3. The zero-order valence-corrected chi connectivity index (χ0v) is 10.2. The van der Waals surface area contributed by atoms with Gasteiger partial charge in [0.2, 0.25) is 0 Å². The van der Waals surface area contributed by atoms with Crippen molar-refractivity contribution in [1.82, 2.24) is 10.2 Å². The van der Waals surface area contributed by atoms with Crippen molar-refractivity contribution in [3.63, 3.8) is 0 Å². The Kier molecular flexibility index (Phi) is 9.00. The highest BCUT2D eigenvalue weighted by Gasteiger charge is 2.04. The van der Waals surface area contributed by atoms with Gasteiger partial charge in [0.1, 0.15) is 0 Å². The molecule has 2 atom stereocenters. The molecule has 3 N–H and O–H groups in total. The highest BCUT2D eigenvalue weighted by atomic mass is 16.3. The van der Waals surface area contributed by atoms with Crippen LogP contribution in [-0.4, -0.2) is 61.6 Å². The molecule has 0 amide bonds. The zero-order valence-electron chi connectivity index (χ0n) is 10.2. The fourth-order valence-corrected chi connectivity index (χ4v) is 1.42. The molecule has 0 aromatic heterocycles. The highest BCUT2D eigenvalue weighted by Crippen LogP contribution is 2.02. The summed E-state index contributed by atoms with van der Waals surface area (Å²) >= 11 is 0. The highest BCUT2D eigenvalue weighted by molar-refractivity contribution is 4.62. The molecule has 0 aliphatic carbocycles. The quantitative estimate of drug-likeness (QED) is 0.473. The van der Waals surface area contributed by atoms with E-state index < -0.39 is 0 Å². The van der Waals surface area contributed by atoms with Gasteiger partial charge in [0.25, 0.3) is 0 Å². The summed E-state index contributed by atoms with van der Waals surface area (Å²) in [6.07, 6.45) is 1.79. The summed E-state index contributed by atoms with van der Waals surface area (Å²) in [6, 6.07) is 0. The summed E-state index contributed by atoms with van der Waals surface area (Å²) in [5.41, 5.74) is 0. The first-order chi connectivity index (χ1) is 7.06. The molecule has 2 unspecified atom stereocenters. The molecule has 4 nitrogen and oxygen atoms in total. The molecule has 0 fully saturated rings. The number of nitrogens with one attached hydrogen (secondary N) is 1. The van der Waals surface area contributed by atoms with Gasteiger partial charge in [-0.05, 0) is 39.4 Å². The van der Waals surface area contributed by atoms with E-state index in [2.05, 4.69) is 5.32 Å². The number of aliphatic hydroxyl groups excluding tert-OH is 2. The average Bonchev–Trinajstić information content (AvgIpc) is 2.15. The van der Waals surface area contributed by atoms with E-state index in [0.29, 0.717) is 19.0 Å². The van der Waals surface area contributed by atoms with Gasteiger partial charge in [-0.2, -0.15) is 0 Å². The Morgan fingerprint density at radius 3 is 2.53 bits per heavy atom. The number of aliphatic hydroxyl groups is 2. The van der Waals surface area contributed by atoms with Crippen LogP contribution in [0.1, 0.15) is 19.8 Å². The van der Waals surface area contributed by atoms with Crippen LogP contribution in [0.15, 0.2) is 0 Å². The van der Waals surface area contributed by atoms with Gasteiger partial charge in [-0.3, -0.25) is 0 Å². The first-order valence-corrected chi connectivity index (χ1v) is 5.70. The third-order valence-corrected chi connectivity index (χ3v) is 2.32. The van der Waals surface area contributed by atoms with Crippen molar-refractivity contribution in [2.75, 3.05) is 40.3 Å². The van der Waals surface area contributed by atoms with E-state index in [0.717, 1.165) is 19.4 Å². The molecule has 92 valence electrons. The normalized spacial score (nSPS) is 15.6. The smallest absolute Gasteiger partial charge is 0.0791 e. The van der Waals surface area contributed by atoms with Crippen LogP contribution in [0, 0.1) is 5.92 Å². The molecular weight excluding hydrogens is 192 g/mol. The molecule has 0 saturated carbocycles. The Bertz CT molecular complexity index is 143. The molecule has 0 aromatic rings. The minimum atomic E-state index is -0.296. The minimum Gasteiger partial charge on any atom is -0.396 e. The van der Waals surface area contributed by atoms with E-state index in [9.17, 15) is 5.11 Å². The predicted molar refractivity (Wildman–Crippen MR) is 62.9 cm³/mol. The number of hydrogen-bond donors (Lipinski definition) is 3. The lowest BCUT2D eigenvalue weighted by atomic mass is 10.1. The third-order valence-electron chi connectivity index (χ3n) is 2.32. The molecule has 0 rings (SSSR count). The van der Waals surface area contributed by atoms with Gasteiger partial charge in [0.05, 0.1) is 6.10 Å². The maximum Gasteiger partial charge on any atom is 0.0791 e. The predicted octanol–water partition coefficient (Wildman–Crippen LogP) is -0.0929. The van der Waals surface area contributed by atoms with Crippen molar-refractivity contribution in [3.05, 3.63) is 0 Å². The molecular formula is C11H26N2O2. The van der Waals surface area contributed by atoms with Crippen LogP contribution in [0.3, 0.4) is 0 Å². The van der Waals surface area contributed by atoms with Crippen LogP contribution in [0.25, 0.3) is 0 Å². The molecule has 0 radical (unpaired) electrons. The summed E-state index contributed by atoms with van der Waals surface area (Å²) in [5, 5.41) is 21.6. The lowest BCUT2D eigenvalue weighted by Crippen LogP contribution is -2.35. The minimum absolute atomic E-state index is 0.267. The number of nitrogens with zero attached hydrogens (tertiary/aromatic N) is 1. The van der Waals surface area contributed by atoms with Crippen molar-refractivity contribution in [3.8, 4) is 0 Å². The van der Waals surface area contributed by atoms with E-state index in [1.165, 1.54) is 0 Å². The van der Waals surface area contributed by atoms with Crippen molar-refractivity contribution >= 4 is 0 Å². The lowest BCUT2D eigenvalue weighted by molar-refractivity contribution is 0.134. The van der Waals surface area contributed by atoms with Crippen molar-refractivity contribution in [2.24, 2.45) is 5.92 Å². The van der Waals surface area contributed by atoms with Gasteiger partial charge >= 0.3 is 0 Å². The van der Waals surface area contributed by atoms with Crippen LogP contribution >= 0.6 is 0 Å². The second kappa shape index (κ2) is 9.09. The first kappa shape index (κ1) is 14.8. The van der Waals surface area contributed by atoms with Gasteiger partial charge in [0.15, 0.2) is 0 Å². The Morgan fingerprint density at radius 2 is 2.00 bits per heavy atom. The average molecular weight is 218 g/mol. The van der Waals surface area contributed by atoms with Crippen LogP contribution in [-0.2, 0) is 0 Å². The van der Waals surface area contributed by atoms with E-state index in [-0.39, 0.29) is 12.7 Å². The van der Waals surface area contributed by atoms with Crippen LogP contribution in [0.2, 0.25) is 0 Å². The van der Waals surface area contributed by atoms with E-state index in [1.807, 2.05) is 25.9 Å². The molecule has 0 aromatic carbocycles. The second-order valence-electron chi connectivity index (χ2n) is 4.55. The molecule has 0 bridgehead atoms. The summed E-state index contributed by atoms with van der Waals surface area (Å²) in [4.78, 5) is 1.97. The molecule has 15 heavy (non-hydrogen) atoms. The Morgan fingerprint density at radius 1 is 1.33 bits per heavy atom.